The highest BCUT2D eigenvalue weighted by atomic mass is 32.2. The van der Waals surface area contributed by atoms with E-state index in [0.29, 0.717) is 5.39 Å². The van der Waals surface area contributed by atoms with E-state index in [2.05, 4.69) is 0 Å². The van der Waals surface area contributed by atoms with Gasteiger partial charge in [0, 0.05) is 18.0 Å². The van der Waals surface area contributed by atoms with Crippen molar-refractivity contribution in [2.24, 2.45) is 7.05 Å². The molecule has 0 radical (unpaired) electrons. The normalized spacial score (nSPS) is 17.2. The van der Waals surface area contributed by atoms with Crippen molar-refractivity contribution in [1.29, 1.82) is 0 Å². The average Bonchev–Trinajstić information content (AvgIpc) is 2.63. The summed E-state index contributed by atoms with van der Waals surface area (Å²) in [6, 6.07) is 5.50. The molecule has 1 amide bonds. The predicted octanol–water partition coefficient (Wildman–Crippen LogP) is 0.919. The van der Waals surface area contributed by atoms with Crippen LogP contribution in [0.2, 0.25) is 0 Å². The summed E-state index contributed by atoms with van der Waals surface area (Å²) in [4.78, 5) is 11.7. The highest BCUT2D eigenvalue weighted by molar-refractivity contribution is 7.91. The number of nitrogens with one attached hydrogen (secondary N) is 1. The van der Waals surface area contributed by atoms with Crippen LogP contribution in [0.5, 0.6) is 0 Å². The zero-order chi connectivity index (χ0) is 12.4. The van der Waals surface area contributed by atoms with Gasteiger partial charge in [0.25, 0.3) is 15.9 Å². The monoisotopic (exact) mass is 250 g/mol. The average molecular weight is 250 g/mol. The molecular weight excluding hydrogens is 240 g/mol. The van der Waals surface area contributed by atoms with E-state index >= 15 is 0 Å². The van der Waals surface area contributed by atoms with E-state index in [0.717, 1.165) is 11.1 Å². The number of carbonyl (C=O) groups is 1. The molecule has 5 nitrogen and oxygen atoms in total. The number of sulfonamides is 1. The van der Waals surface area contributed by atoms with Crippen molar-refractivity contribution in [2.45, 2.75) is 11.8 Å². The lowest BCUT2D eigenvalue weighted by Gasteiger charge is -2.01. The van der Waals surface area contributed by atoms with Crippen LogP contribution in [-0.4, -0.2) is 18.9 Å². The quantitative estimate of drug-likeness (QED) is 0.756. The number of fused-ring (bicyclic) bond motifs is 3. The fraction of sp³-hybridized carbons (Fsp3) is 0.182. The van der Waals surface area contributed by atoms with Crippen molar-refractivity contribution in [2.75, 3.05) is 0 Å². The fourth-order valence-electron chi connectivity index (χ4n) is 2.27. The smallest absolute Gasteiger partial charge is 0.283 e. The number of hydrogen-bond acceptors (Lipinski definition) is 3. The number of amides is 1. The Hall–Kier alpha value is -1.82. The molecule has 17 heavy (non-hydrogen) atoms. The van der Waals surface area contributed by atoms with E-state index in [1.165, 1.54) is 0 Å². The third-order valence-electron chi connectivity index (χ3n) is 3.02. The van der Waals surface area contributed by atoms with Gasteiger partial charge in [0.1, 0.15) is 10.6 Å². The van der Waals surface area contributed by atoms with E-state index in [-0.39, 0.29) is 10.6 Å². The molecule has 1 aliphatic rings. The van der Waals surface area contributed by atoms with Gasteiger partial charge in [-0.3, -0.25) is 4.79 Å². The molecule has 0 bridgehead atoms. The van der Waals surface area contributed by atoms with Crippen LogP contribution in [0.3, 0.4) is 0 Å². The molecule has 0 spiro atoms. The summed E-state index contributed by atoms with van der Waals surface area (Å²) < 4.78 is 27.3. The Labute approximate surface area is 98.1 Å². The van der Waals surface area contributed by atoms with Gasteiger partial charge in [-0.05, 0) is 19.1 Å². The second kappa shape index (κ2) is 2.89. The SMILES string of the molecule is Cc1ccc2c(c1)c1c(n2C)C(=O)NS1(=O)=O. The fourth-order valence-corrected chi connectivity index (χ4v) is 3.65. The summed E-state index contributed by atoms with van der Waals surface area (Å²) >= 11 is 0. The maximum atomic E-state index is 11.9. The zero-order valence-corrected chi connectivity index (χ0v) is 10.1. The minimum Gasteiger partial charge on any atom is -0.338 e. The van der Waals surface area contributed by atoms with Crippen molar-refractivity contribution in [3.05, 3.63) is 29.5 Å². The Kier molecular flexibility index (Phi) is 1.76. The first-order valence-corrected chi connectivity index (χ1v) is 6.56. The molecule has 2 heterocycles. The second-order valence-electron chi connectivity index (χ2n) is 4.19. The van der Waals surface area contributed by atoms with E-state index in [1.807, 2.05) is 23.8 Å². The molecule has 0 atom stereocenters. The van der Waals surface area contributed by atoms with Crippen LogP contribution >= 0.6 is 0 Å². The van der Waals surface area contributed by atoms with E-state index in [1.54, 1.807) is 17.7 Å². The van der Waals surface area contributed by atoms with Gasteiger partial charge in [-0.25, -0.2) is 13.1 Å². The number of aromatic nitrogens is 1. The first-order chi connectivity index (χ1) is 7.92. The molecule has 0 aliphatic carbocycles. The van der Waals surface area contributed by atoms with Crippen LogP contribution in [0.1, 0.15) is 16.1 Å². The van der Waals surface area contributed by atoms with Gasteiger partial charge in [0.2, 0.25) is 0 Å². The molecule has 88 valence electrons. The summed E-state index contributed by atoms with van der Waals surface area (Å²) in [5.74, 6) is -0.559. The first-order valence-electron chi connectivity index (χ1n) is 5.08. The summed E-state index contributed by atoms with van der Waals surface area (Å²) in [5, 5.41) is 0.598. The predicted molar refractivity (Wildman–Crippen MR) is 62.3 cm³/mol. The van der Waals surface area contributed by atoms with Gasteiger partial charge in [-0.15, -0.1) is 0 Å². The van der Waals surface area contributed by atoms with Gasteiger partial charge in [-0.1, -0.05) is 11.6 Å². The molecule has 1 aromatic heterocycles. The number of carbonyl (C=O) groups excluding carboxylic acids is 1. The number of rotatable bonds is 0. The van der Waals surface area contributed by atoms with Crippen LogP contribution in [0.4, 0.5) is 0 Å². The standard InChI is InChI=1S/C11H10N2O3S/c1-6-3-4-8-7(5-6)10-9(13(8)2)11(14)12-17(10,15)16/h3-5H,1-2H3,(H,12,14). The Morgan fingerprint density at radius 2 is 2.00 bits per heavy atom. The summed E-state index contributed by atoms with van der Waals surface area (Å²) in [6.07, 6.45) is 0. The van der Waals surface area contributed by atoms with E-state index in [4.69, 9.17) is 0 Å². The highest BCUT2D eigenvalue weighted by Crippen LogP contribution is 2.33. The maximum Gasteiger partial charge on any atom is 0.283 e. The van der Waals surface area contributed by atoms with Crippen molar-refractivity contribution in [3.8, 4) is 0 Å². The van der Waals surface area contributed by atoms with Gasteiger partial charge in [-0.2, -0.15) is 0 Å². The second-order valence-corrected chi connectivity index (χ2v) is 5.81. The Morgan fingerprint density at radius 1 is 1.29 bits per heavy atom. The summed E-state index contributed by atoms with van der Waals surface area (Å²) in [5.41, 5.74) is 1.92. The van der Waals surface area contributed by atoms with Crippen LogP contribution in [0.15, 0.2) is 23.1 Å². The van der Waals surface area contributed by atoms with Crippen molar-refractivity contribution in [1.82, 2.24) is 9.29 Å². The molecular formula is C11H10N2O3S. The van der Waals surface area contributed by atoms with Crippen molar-refractivity contribution in [3.63, 3.8) is 0 Å². The molecule has 0 saturated heterocycles. The number of benzene rings is 1. The van der Waals surface area contributed by atoms with Gasteiger partial charge < -0.3 is 4.57 Å². The van der Waals surface area contributed by atoms with Crippen LogP contribution in [0, 0.1) is 6.92 Å². The molecule has 3 rings (SSSR count). The Balaban J connectivity index is 2.60. The molecule has 6 heteroatoms. The molecule has 0 fully saturated rings. The van der Waals surface area contributed by atoms with Gasteiger partial charge in [0.05, 0.1) is 0 Å². The van der Waals surface area contributed by atoms with Crippen LogP contribution in [0.25, 0.3) is 10.9 Å². The topological polar surface area (TPSA) is 68.2 Å². The van der Waals surface area contributed by atoms with Crippen LogP contribution < -0.4 is 4.72 Å². The number of aryl methyl sites for hydroxylation is 2. The molecule has 0 saturated carbocycles. The maximum absolute atomic E-state index is 11.9. The first kappa shape index (κ1) is 10.3. The van der Waals surface area contributed by atoms with Crippen LogP contribution in [-0.2, 0) is 17.1 Å². The van der Waals surface area contributed by atoms with E-state index in [9.17, 15) is 13.2 Å². The highest BCUT2D eigenvalue weighted by Gasteiger charge is 2.38. The number of hydrogen-bond donors (Lipinski definition) is 1. The van der Waals surface area contributed by atoms with Gasteiger partial charge >= 0.3 is 0 Å². The lowest BCUT2D eigenvalue weighted by molar-refractivity contribution is 0.0977. The van der Waals surface area contributed by atoms with Gasteiger partial charge in [0.15, 0.2) is 0 Å². The largest absolute Gasteiger partial charge is 0.338 e. The molecule has 1 aromatic carbocycles. The van der Waals surface area contributed by atoms with Crippen molar-refractivity contribution >= 4 is 26.8 Å². The lowest BCUT2D eigenvalue weighted by Crippen LogP contribution is -2.22. The Morgan fingerprint density at radius 3 is 2.71 bits per heavy atom. The molecule has 1 N–H and O–H groups in total. The third-order valence-corrected chi connectivity index (χ3v) is 4.42. The summed E-state index contributed by atoms with van der Waals surface area (Å²) in [6.45, 7) is 1.88. The van der Waals surface area contributed by atoms with E-state index < -0.39 is 15.9 Å². The summed E-state index contributed by atoms with van der Waals surface area (Å²) in [7, 11) is -2.01. The molecule has 0 unspecified atom stereocenters. The van der Waals surface area contributed by atoms with Crippen molar-refractivity contribution < 1.29 is 13.2 Å². The Bertz CT molecular complexity index is 772. The number of nitrogens with zero attached hydrogens (tertiary/aromatic N) is 1. The lowest BCUT2D eigenvalue weighted by atomic mass is 10.2. The minimum atomic E-state index is -3.70. The zero-order valence-electron chi connectivity index (χ0n) is 9.31. The molecule has 2 aromatic rings. The molecule has 1 aliphatic heterocycles. The third kappa shape index (κ3) is 1.18. The minimum absolute atomic E-state index is 0.101.